The van der Waals surface area contributed by atoms with Crippen LogP contribution in [0.25, 0.3) is 11.6 Å². The van der Waals surface area contributed by atoms with Crippen LogP contribution >= 0.6 is 11.6 Å². The first kappa shape index (κ1) is 21.2. The summed E-state index contributed by atoms with van der Waals surface area (Å²) in [5, 5.41) is 12.6. The number of ether oxygens (including phenoxy) is 1. The predicted molar refractivity (Wildman–Crippen MR) is 121 cm³/mol. The van der Waals surface area contributed by atoms with Crippen molar-refractivity contribution in [3.63, 3.8) is 0 Å². The minimum Gasteiger partial charge on any atom is -0.482 e. The number of nitrogens with one attached hydrogen (secondary N) is 1. The fourth-order valence-electron chi connectivity index (χ4n) is 2.78. The van der Waals surface area contributed by atoms with Gasteiger partial charge in [-0.2, -0.15) is 5.26 Å². The maximum Gasteiger partial charge on any atom is 0.262 e. The van der Waals surface area contributed by atoms with E-state index in [4.69, 9.17) is 16.3 Å². The summed E-state index contributed by atoms with van der Waals surface area (Å²) < 4.78 is 5.55. The van der Waals surface area contributed by atoms with Crippen LogP contribution in [0.3, 0.4) is 0 Å². The van der Waals surface area contributed by atoms with E-state index in [1.54, 1.807) is 24.3 Å². The molecule has 0 saturated carbocycles. The van der Waals surface area contributed by atoms with Crippen LogP contribution in [-0.4, -0.2) is 12.5 Å². The fourth-order valence-corrected chi connectivity index (χ4v) is 3.02. The third-order valence-corrected chi connectivity index (χ3v) is 4.74. The van der Waals surface area contributed by atoms with E-state index in [1.807, 2.05) is 62.4 Å². The number of halogens is 1. The zero-order valence-corrected chi connectivity index (χ0v) is 17.5. The largest absolute Gasteiger partial charge is 0.482 e. The fraction of sp³-hybridized carbons (Fsp3) is 0.120. The summed E-state index contributed by atoms with van der Waals surface area (Å²) in [6.45, 7) is 3.82. The lowest BCUT2D eigenvalue weighted by atomic mass is 10.0. The molecule has 0 radical (unpaired) electrons. The summed E-state index contributed by atoms with van der Waals surface area (Å²) in [4.78, 5) is 12.1. The number of nitrogens with zero attached hydrogens (tertiary/aromatic N) is 1. The minimum absolute atomic E-state index is 0.157. The number of carbonyl (C=O) groups is 1. The van der Waals surface area contributed by atoms with E-state index in [1.165, 1.54) is 0 Å². The van der Waals surface area contributed by atoms with E-state index < -0.39 is 0 Å². The van der Waals surface area contributed by atoms with Crippen LogP contribution in [0.15, 0.2) is 66.7 Å². The molecule has 5 heteroatoms. The van der Waals surface area contributed by atoms with Crippen molar-refractivity contribution in [3.05, 3.63) is 94.0 Å². The Balaban J connectivity index is 1.66. The third kappa shape index (κ3) is 5.73. The number of allylic oxidation sites excluding steroid dienone is 1. The molecule has 0 aliphatic heterocycles. The van der Waals surface area contributed by atoms with Gasteiger partial charge < -0.3 is 10.1 Å². The quantitative estimate of drug-likeness (QED) is 0.393. The van der Waals surface area contributed by atoms with Gasteiger partial charge in [0.25, 0.3) is 5.91 Å². The van der Waals surface area contributed by atoms with Crippen molar-refractivity contribution >= 4 is 34.8 Å². The average molecular weight is 417 g/mol. The normalized spacial score (nSPS) is 10.9. The molecule has 0 spiro atoms. The predicted octanol–water partition coefficient (Wildman–Crippen LogP) is 6.04. The van der Waals surface area contributed by atoms with Crippen molar-refractivity contribution in [1.82, 2.24) is 0 Å². The summed E-state index contributed by atoms with van der Waals surface area (Å²) >= 11 is 6.32. The Morgan fingerprint density at radius 3 is 2.27 bits per heavy atom. The highest BCUT2D eigenvalue weighted by Crippen LogP contribution is 2.27. The number of benzene rings is 3. The highest BCUT2D eigenvalue weighted by Gasteiger charge is 2.08. The topological polar surface area (TPSA) is 62.1 Å². The van der Waals surface area contributed by atoms with Gasteiger partial charge in [-0.15, -0.1) is 0 Å². The van der Waals surface area contributed by atoms with Crippen molar-refractivity contribution in [1.29, 1.82) is 5.26 Å². The molecule has 0 heterocycles. The lowest BCUT2D eigenvalue weighted by molar-refractivity contribution is -0.118. The molecule has 0 aliphatic rings. The molecule has 0 atom stereocenters. The molecule has 0 unspecified atom stereocenters. The molecular weight excluding hydrogens is 396 g/mol. The number of rotatable bonds is 6. The number of amides is 1. The summed E-state index contributed by atoms with van der Waals surface area (Å²) in [7, 11) is 0. The van der Waals surface area contributed by atoms with Crippen LogP contribution in [-0.2, 0) is 4.79 Å². The van der Waals surface area contributed by atoms with E-state index in [0.29, 0.717) is 22.0 Å². The molecule has 3 aromatic carbocycles. The van der Waals surface area contributed by atoms with Gasteiger partial charge >= 0.3 is 0 Å². The second-order valence-corrected chi connectivity index (χ2v) is 7.34. The molecule has 0 aromatic heterocycles. The van der Waals surface area contributed by atoms with Gasteiger partial charge in [0.05, 0.1) is 16.7 Å². The Morgan fingerprint density at radius 1 is 1.03 bits per heavy atom. The van der Waals surface area contributed by atoms with Crippen LogP contribution < -0.4 is 10.1 Å². The lowest BCUT2D eigenvalue weighted by Gasteiger charge is -2.10. The molecule has 0 fully saturated rings. The number of aryl methyl sites for hydroxylation is 2. The van der Waals surface area contributed by atoms with Crippen molar-refractivity contribution in [3.8, 4) is 11.8 Å². The highest BCUT2D eigenvalue weighted by molar-refractivity contribution is 6.32. The van der Waals surface area contributed by atoms with Gasteiger partial charge in [0.15, 0.2) is 6.61 Å². The van der Waals surface area contributed by atoms with Crippen molar-refractivity contribution < 1.29 is 9.53 Å². The Hall–Kier alpha value is -3.55. The van der Waals surface area contributed by atoms with Crippen molar-refractivity contribution in [2.45, 2.75) is 13.8 Å². The molecular formula is C25H21ClN2O2. The van der Waals surface area contributed by atoms with Crippen molar-refractivity contribution in [2.24, 2.45) is 0 Å². The Kier molecular flexibility index (Phi) is 6.90. The molecule has 0 aliphatic carbocycles. The minimum atomic E-state index is -0.273. The molecule has 1 amide bonds. The standard InChI is InChI=1S/C25H21ClN2O2/c1-17-3-8-20(9-4-17)21(15-27)13-19-7-12-24(23(26)14-19)30-16-25(29)28-22-10-5-18(2)6-11-22/h3-14H,16H2,1-2H3,(H,28,29)/b21-13-. The first-order chi connectivity index (χ1) is 14.4. The summed E-state index contributed by atoms with van der Waals surface area (Å²) in [5.74, 6) is 0.131. The van der Waals surface area contributed by atoms with Gasteiger partial charge in [0, 0.05) is 5.69 Å². The Labute approximate surface area is 181 Å². The monoisotopic (exact) mass is 416 g/mol. The number of anilines is 1. The number of carbonyl (C=O) groups excluding carboxylic acids is 1. The number of hydrogen-bond donors (Lipinski definition) is 1. The van der Waals surface area contributed by atoms with Gasteiger partial charge in [-0.3, -0.25) is 4.79 Å². The first-order valence-corrected chi connectivity index (χ1v) is 9.80. The van der Waals surface area contributed by atoms with Crippen molar-refractivity contribution in [2.75, 3.05) is 11.9 Å². The van der Waals surface area contributed by atoms with Gasteiger partial charge in [0.1, 0.15) is 5.75 Å². The number of nitriles is 1. The maximum atomic E-state index is 12.1. The maximum absolute atomic E-state index is 12.1. The molecule has 3 aromatic rings. The van der Waals surface area contributed by atoms with Crippen LogP contribution in [0, 0.1) is 25.2 Å². The van der Waals surface area contributed by atoms with E-state index in [9.17, 15) is 10.1 Å². The Bertz CT molecular complexity index is 1110. The summed E-state index contributed by atoms with van der Waals surface area (Å²) in [6, 6.07) is 22.7. The van der Waals surface area contributed by atoms with Crippen LogP contribution in [0.4, 0.5) is 5.69 Å². The second-order valence-electron chi connectivity index (χ2n) is 6.93. The highest BCUT2D eigenvalue weighted by atomic mass is 35.5. The van der Waals surface area contributed by atoms with Gasteiger partial charge in [0.2, 0.25) is 0 Å². The zero-order valence-electron chi connectivity index (χ0n) is 16.8. The lowest BCUT2D eigenvalue weighted by Crippen LogP contribution is -2.20. The van der Waals surface area contributed by atoms with Gasteiger partial charge in [-0.1, -0.05) is 65.2 Å². The van der Waals surface area contributed by atoms with E-state index in [2.05, 4.69) is 11.4 Å². The third-order valence-electron chi connectivity index (χ3n) is 4.44. The van der Waals surface area contributed by atoms with Gasteiger partial charge in [-0.05, 0) is 55.3 Å². The average Bonchev–Trinajstić information content (AvgIpc) is 2.74. The van der Waals surface area contributed by atoms with Crippen LogP contribution in [0.2, 0.25) is 5.02 Å². The summed E-state index contributed by atoms with van der Waals surface area (Å²) in [5.41, 5.74) is 5.11. The zero-order chi connectivity index (χ0) is 21.5. The van der Waals surface area contributed by atoms with Crippen LogP contribution in [0.1, 0.15) is 22.3 Å². The molecule has 30 heavy (non-hydrogen) atoms. The number of hydrogen-bond acceptors (Lipinski definition) is 3. The molecule has 150 valence electrons. The van der Waals surface area contributed by atoms with E-state index in [-0.39, 0.29) is 12.5 Å². The van der Waals surface area contributed by atoms with Gasteiger partial charge in [-0.25, -0.2) is 0 Å². The first-order valence-electron chi connectivity index (χ1n) is 9.42. The van der Waals surface area contributed by atoms with E-state index >= 15 is 0 Å². The molecule has 4 nitrogen and oxygen atoms in total. The molecule has 0 bridgehead atoms. The molecule has 3 rings (SSSR count). The van der Waals surface area contributed by atoms with Crippen LogP contribution in [0.5, 0.6) is 5.75 Å². The molecule has 1 N–H and O–H groups in total. The molecule has 0 saturated heterocycles. The SMILES string of the molecule is Cc1ccc(NC(=O)COc2ccc(/C=C(/C#N)c3ccc(C)cc3)cc2Cl)cc1. The second kappa shape index (κ2) is 9.78. The summed E-state index contributed by atoms with van der Waals surface area (Å²) in [6.07, 6.45) is 1.77. The Morgan fingerprint density at radius 2 is 1.67 bits per heavy atom. The smallest absolute Gasteiger partial charge is 0.262 e. The van der Waals surface area contributed by atoms with E-state index in [0.717, 1.165) is 22.3 Å².